The topological polar surface area (TPSA) is 81.9 Å². The van der Waals surface area contributed by atoms with Crippen LogP contribution < -0.4 is 5.73 Å². The number of amides is 2. The Morgan fingerprint density at radius 3 is 2.59 bits per heavy atom. The minimum absolute atomic E-state index is 0.105. The number of rotatable bonds is 6. The minimum Gasteiger partial charge on any atom is -0.377 e. The first kappa shape index (κ1) is 16.7. The van der Waals surface area contributed by atoms with E-state index in [9.17, 15) is 9.59 Å². The third-order valence-corrected chi connectivity index (χ3v) is 3.96. The predicted molar refractivity (Wildman–Crippen MR) is 81.6 cm³/mol. The van der Waals surface area contributed by atoms with E-state index in [0.717, 1.165) is 5.56 Å². The summed E-state index contributed by atoms with van der Waals surface area (Å²) in [6.07, 6.45) is -0.169. The lowest BCUT2D eigenvalue weighted by atomic mass is 10.1. The van der Waals surface area contributed by atoms with Gasteiger partial charge in [-0.05, 0) is 17.7 Å². The van der Waals surface area contributed by atoms with Gasteiger partial charge in [-0.25, -0.2) is 0 Å². The molecular weight excluding hydrogens is 308 g/mol. The Morgan fingerprint density at radius 1 is 1.36 bits per heavy atom. The van der Waals surface area contributed by atoms with Gasteiger partial charge in [0, 0.05) is 19.2 Å². The average Bonchev–Trinajstić information content (AvgIpc) is 3.00. The second-order valence-electron chi connectivity index (χ2n) is 5.10. The summed E-state index contributed by atoms with van der Waals surface area (Å²) in [6.45, 7) is 1.24. The molecule has 0 aliphatic carbocycles. The number of halogens is 1. The van der Waals surface area contributed by atoms with Gasteiger partial charge in [-0.3, -0.25) is 9.59 Å². The van der Waals surface area contributed by atoms with E-state index in [0.29, 0.717) is 25.3 Å². The molecule has 22 heavy (non-hydrogen) atoms. The smallest absolute Gasteiger partial charge is 0.248 e. The van der Waals surface area contributed by atoms with Crippen molar-refractivity contribution in [2.24, 2.45) is 5.73 Å². The Balaban J connectivity index is 2.16. The summed E-state index contributed by atoms with van der Waals surface area (Å²) >= 11 is 5.72. The van der Waals surface area contributed by atoms with Crippen LogP contribution in [0.15, 0.2) is 24.3 Å². The Morgan fingerprint density at radius 2 is 2.05 bits per heavy atom. The largest absolute Gasteiger partial charge is 0.377 e. The highest BCUT2D eigenvalue weighted by molar-refractivity contribution is 6.27. The van der Waals surface area contributed by atoms with Gasteiger partial charge in [0.1, 0.15) is 12.0 Å². The van der Waals surface area contributed by atoms with Crippen molar-refractivity contribution in [2.75, 3.05) is 26.2 Å². The number of benzene rings is 1. The normalized spacial score (nSPS) is 20.8. The Hall–Kier alpha value is -1.63. The van der Waals surface area contributed by atoms with Crippen LogP contribution in [0.4, 0.5) is 0 Å². The van der Waals surface area contributed by atoms with Gasteiger partial charge in [-0.1, -0.05) is 12.1 Å². The Kier molecular flexibility index (Phi) is 5.76. The van der Waals surface area contributed by atoms with Crippen LogP contribution in [0.2, 0.25) is 0 Å². The quantitative estimate of drug-likeness (QED) is 0.783. The van der Waals surface area contributed by atoms with Crippen molar-refractivity contribution in [2.45, 2.75) is 18.7 Å². The summed E-state index contributed by atoms with van der Waals surface area (Å²) in [4.78, 5) is 24.9. The van der Waals surface area contributed by atoms with Crippen molar-refractivity contribution in [1.29, 1.82) is 0 Å². The van der Waals surface area contributed by atoms with Crippen molar-refractivity contribution in [3.63, 3.8) is 0 Å². The summed E-state index contributed by atoms with van der Waals surface area (Å²) in [5.74, 6) is -0.770. The second-order valence-corrected chi connectivity index (χ2v) is 5.36. The molecule has 1 aromatic carbocycles. The zero-order valence-corrected chi connectivity index (χ0v) is 13.1. The Labute approximate surface area is 134 Å². The molecule has 0 radical (unpaired) electrons. The van der Waals surface area contributed by atoms with Gasteiger partial charge in [0.05, 0.1) is 19.3 Å². The number of carbonyl (C=O) groups excluding carboxylic acids is 2. The van der Waals surface area contributed by atoms with E-state index in [1.165, 1.54) is 0 Å². The van der Waals surface area contributed by atoms with E-state index in [4.69, 9.17) is 26.8 Å². The van der Waals surface area contributed by atoms with Crippen molar-refractivity contribution in [3.05, 3.63) is 35.4 Å². The molecular formula is C15H19ClN2O4. The zero-order valence-electron chi connectivity index (χ0n) is 12.3. The summed E-state index contributed by atoms with van der Waals surface area (Å²) in [5.41, 5.74) is 6.53. The lowest BCUT2D eigenvalue weighted by Gasteiger charge is -2.31. The highest BCUT2D eigenvalue weighted by Gasteiger charge is 2.35. The van der Waals surface area contributed by atoms with Crippen LogP contribution >= 0.6 is 11.6 Å². The number of alkyl halides is 1. The summed E-state index contributed by atoms with van der Waals surface area (Å²) in [7, 11) is 1.59. The number of nitrogens with zero attached hydrogens (tertiary/aromatic N) is 1. The molecule has 1 saturated heterocycles. The van der Waals surface area contributed by atoms with Crippen LogP contribution in [0.3, 0.4) is 0 Å². The molecule has 2 rings (SSSR count). The van der Waals surface area contributed by atoms with E-state index in [1.807, 2.05) is 0 Å². The fourth-order valence-corrected chi connectivity index (χ4v) is 2.63. The second kappa shape index (κ2) is 7.58. The molecule has 2 N–H and O–H groups in total. The van der Waals surface area contributed by atoms with Gasteiger partial charge < -0.3 is 20.1 Å². The lowest BCUT2D eigenvalue weighted by Crippen LogP contribution is -2.47. The minimum atomic E-state index is -0.483. The van der Waals surface area contributed by atoms with E-state index in [2.05, 4.69) is 0 Å². The van der Waals surface area contributed by atoms with Crippen molar-refractivity contribution in [3.8, 4) is 0 Å². The van der Waals surface area contributed by atoms with Crippen LogP contribution in [0, 0.1) is 0 Å². The molecule has 1 heterocycles. The molecule has 0 spiro atoms. The molecule has 0 saturated carbocycles. The van der Waals surface area contributed by atoms with E-state index >= 15 is 0 Å². The first-order valence-electron chi connectivity index (χ1n) is 6.91. The van der Waals surface area contributed by atoms with Crippen LogP contribution in [-0.2, 0) is 20.8 Å². The first-order chi connectivity index (χ1) is 10.6. The Bertz CT molecular complexity index is 535. The molecule has 0 bridgehead atoms. The molecule has 0 unspecified atom stereocenters. The average molecular weight is 327 g/mol. The molecule has 0 aromatic heterocycles. The highest BCUT2D eigenvalue weighted by atomic mass is 35.5. The van der Waals surface area contributed by atoms with Crippen LogP contribution in [0.25, 0.3) is 0 Å². The fraction of sp³-hybridized carbons (Fsp3) is 0.467. The van der Waals surface area contributed by atoms with Gasteiger partial charge in [0.15, 0.2) is 0 Å². The first-order valence-corrected chi connectivity index (χ1v) is 7.45. The molecule has 1 aliphatic rings. The summed E-state index contributed by atoms with van der Waals surface area (Å²) < 4.78 is 10.8. The molecule has 6 nitrogen and oxygen atoms in total. The fourth-order valence-electron chi connectivity index (χ4n) is 2.48. The SMILES string of the molecule is CO[C@@H]1COC[C@H]1N(Cc1ccc(C(N)=O)cc1)C(=O)CCl. The molecule has 7 heteroatoms. The number of methoxy groups -OCH3 is 1. The van der Waals surface area contributed by atoms with Crippen LogP contribution in [0.5, 0.6) is 0 Å². The summed E-state index contributed by atoms with van der Waals surface area (Å²) in [6, 6.07) is 6.64. The van der Waals surface area contributed by atoms with Gasteiger partial charge in [0.25, 0.3) is 0 Å². The number of carbonyl (C=O) groups is 2. The number of hydrogen-bond acceptors (Lipinski definition) is 4. The monoisotopic (exact) mass is 326 g/mol. The van der Waals surface area contributed by atoms with Gasteiger partial charge in [0.2, 0.25) is 11.8 Å². The zero-order chi connectivity index (χ0) is 16.1. The van der Waals surface area contributed by atoms with Crippen molar-refractivity contribution in [1.82, 2.24) is 4.90 Å². The van der Waals surface area contributed by atoms with Gasteiger partial charge >= 0.3 is 0 Å². The highest BCUT2D eigenvalue weighted by Crippen LogP contribution is 2.19. The third kappa shape index (κ3) is 3.76. The molecule has 1 fully saturated rings. The molecule has 2 atom stereocenters. The number of hydrogen-bond donors (Lipinski definition) is 1. The van der Waals surface area contributed by atoms with Gasteiger partial charge in [-0.15, -0.1) is 11.6 Å². The van der Waals surface area contributed by atoms with Crippen molar-refractivity contribution < 1.29 is 19.1 Å². The maximum Gasteiger partial charge on any atom is 0.248 e. The van der Waals surface area contributed by atoms with E-state index < -0.39 is 5.91 Å². The van der Waals surface area contributed by atoms with Crippen LogP contribution in [-0.4, -0.2) is 55.1 Å². The molecule has 1 aromatic rings. The summed E-state index contributed by atoms with van der Waals surface area (Å²) in [5, 5.41) is 0. The maximum atomic E-state index is 12.1. The molecule has 2 amide bonds. The van der Waals surface area contributed by atoms with Gasteiger partial charge in [-0.2, -0.15) is 0 Å². The number of primary amides is 1. The predicted octanol–water partition coefficient (Wildman–Crippen LogP) is 0.767. The number of nitrogens with two attached hydrogens (primary N) is 1. The molecule has 1 aliphatic heterocycles. The van der Waals surface area contributed by atoms with E-state index in [-0.39, 0.29) is 23.9 Å². The number of ether oxygens (including phenoxy) is 2. The van der Waals surface area contributed by atoms with E-state index in [1.54, 1.807) is 36.3 Å². The molecule has 120 valence electrons. The maximum absolute atomic E-state index is 12.1. The van der Waals surface area contributed by atoms with Crippen LogP contribution in [0.1, 0.15) is 15.9 Å². The standard InChI is InChI=1S/C15H19ClN2O4/c1-21-13-9-22-8-12(13)18(14(19)6-16)7-10-2-4-11(5-3-10)15(17)20/h2-5,12-13H,6-9H2,1H3,(H2,17,20)/t12-,13-/m1/s1. The lowest BCUT2D eigenvalue weighted by molar-refractivity contribution is -0.133. The van der Waals surface area contributed by atoms with Crippen molar-refractivity contribution >= 4 is 23.4 Å². The third-order valence-electron chi connectivity index (χ3n) is 3.73.